The molecule has 2 unspecified atom stereocenters. The number of aromatic amines is 1. The minimum Gasteiger partial charge on any atom is -0.348 e. The lowest BCUT2D eigenvalue weighted by atomic mass is 10.2. The average molecular weight is 196 g/mol. The molecule has 0 bridgehead atoms. The van der Waals surface area contributed by atoms with E-state index in [0.717, 1.165) is 5.56 Å². The first kappa shape index (κ1) is 10.7. The zero-order chi connectivity index (χ0) is 10.6. The number of carbonyl (C=O) groups excluding carboxylic acids is 1. The van der Waals surface area contributed by atoms with E-state index in [-0.39, 0.29) is 18.0 Å². The van der Waals surface area contributed by atoms with Gasteiger partial charge in [0.15, 0.2) is 0 Å². The topological polar surface area (TPSA) is 69.8 Å². The van der Waals surface area contributed by atoms with Crippen LogP contribution in [-0.4, -0.2) is 29.2 Å². The molecule has 0 aliphatic heterocycles. The van der Waals surface area contributed by atoms with E-state index in [2.05, 4.69) is 20.8 Å². The normalized spacial score (nSPS) is 14.8. The van der Waals surface area contributed by atoms with Crippen molar-refractivity contribution in [1.82, 2.24) is 20.8 Å². The zero-order valence-corrected chi connectivity index (χ0v) is 8.66. The number of likely N-dealkylation sites (N-methyl/N-ethyl adjacent to an activating group) is 1. The van der Waals surface area contributed by atoms with Crippen molar-refractivity contribution in [3.05, 3.63) is 18.0 Å². The van der Waals surface area contributed by atoms with E-state index in [0.29, 0.717) is 0 Å². The first-order valence-corrected chi connectivity index (χ1v) is 4.61. The summed E-state index contributed by atoms with van der Waals surface area (Å²) in [6, 6.07) is -0.193. The standard InChI is InChI=1S/C9H16N4O/c1-6(8-4-11-12-5-8)13-9(14)7(2)10-3/h4-7,10H,1-3H3,(H,11,12)(H,13,14). The van der Waals surface area contributed by atoms with E-state index < -0.39 is 0 Å². The molecule has 3 N–H and O–H groups in total. The molecule has 14 heavy (non-hydrogen) atoms. The van der Waals surface area contributed by atoms with Crippen molar-refractivity contribution in [2.75, 3.05) is 7.05 Å². The summed E-state index contributed by atoms with van der Waals surface area (Å²) in [7, 11) is 1.76. The minimum atomic E-state index is -0.177. The fourth-order valence-corrected chi connectivity index (χ4v) is 1.05. The van der Waals surface area contributed by atoms with Crippen molar-refractivity contribution in [2.24, 2.45) is 0 Å². The molecule has 78 valence electrons. The largest absolute Gasteiger partial charge is 0.348 e. The maximum Gasteiger partial charge on any atom is 0.237 e. The molecule has 1 amide bonds. The summed E-state index contributed by atoms with van der Waals surface area (Å²) in [6.07, 6.45) is 3.48. The molecule has 0 aliphatic carbocycles. The van der Waals surface area contributed by atoms with Gasteiger partial charge in [-0.25, -0.2) is 0 Å². The third kappa shape index (κ3) is 2.56. The summed E-state index contributed by atoms with van der Waals surface area (Å²) in [5, 5.41) is 12.3. The Morgan fingerprint density at radius 2 is 2.29 bits per heavy atom. The van der Waals surface area contributed by atoms with Gasteiger partial charge in [-0.15, -0.1) is 0 Å². The van der Waals surface area contributed by atoms with Crippen LogP contribution in [0.3, 0.4) is 0 Å². The van der Waals surface area contributed by atoms with Gasteiger partial charge in [-0.2, -0.15) is 5.10 Å². The Morgan fingerprint density at radius 1 is 1.57 bits per heavy atom. The van der Waals surface area contributed by atoms with Crippen LogP contribution >= 0.6 is 0 Å². The maximum atomic E-state index is 11.5. The van der Waals surface area contributed by atoms with Crippen molar-refractivity contribution in [1.29, 1.82) is 0 Å². The Kier molecular flexibility index (Phi) is 3.64. The minimum absolute atomic E-state index is 0.0128. The number of nitrogens with one attached hydrogen (secondary N) is 3. The van der Waals surface area contributed by atoms with Gasteiger partial charge in [0.2, 0.25) is 5.91 Å². The fourth-order valence-electron chi connectivity index (χ4n) is 1.05. The molecule has 0 aliphatic rings. The molecule has 0 saturated carbocycles. The third-order valence-electron chi connectivity index (χ3n) is 2.20. The van der Waals surface area contributed by atoms with Gasteiger partial charge in [0.25, 0.3) is 0 Å². The number of hydrogen-bond donors (Lipinski definition) is 3. The quantitative estimate of drug-likeness (QED) is 0.644. The van der Waals surface area contributed by atoms with Crippen molar-refractivity contribution < 1.29 is 4.79 Å². The molecule has 1 aromatic heterocycles. The number of amides is 1. The van der Waals surface area contributed by atoms with Crippen LogP contribution in [0.15, 0.2) is 12.4 Å². The molecule has 0 fully saturated rings. The van der Waals surface area contributed by atoms with Crippen molar-refractivity contribution >= 4 is 5.91 Å². The van der Waals surface area contributed by atoms with Crippen LogP contribution in [0.25, 0.3) is 0 Å². The first-order chi connectivity index (χ1) is 6.65. The van der Waals surface area contributed by atoms with E-state index in [9.17, 15) is 4.79 Å². The average Bonchev–Trinajstić information content (AvgIpc) is 2.69. The highest BCUT2D eigenvalue weighted by atomic mass is 16.2. The van der Waals surface area contributed by atoms with Crippen molar-refractivity contribution in [2.45, 2.75) is 25.9 Å². The number of H-pyrrole nitrogens is 1. The van der Waals surface area contributed by atoms with Gasteiger partial charge in [0, 0.05) is 11.8 Å². The fraction of sp³-hybridized carbons (Fsp3) is 0.556. The molecule has 0 aromatic carbocycles. The van der Waals surface area contributed by atoms with Crippen LogP contribution in [-0.2, 0) is 4.79 Å². The zero-order valence-electron chi connectivity index (χ0n) is 8.66. The molecule has 0 saturated heterocycles. The molecule has 0 radical (unpaired) electrons. The van der Waals surface area contributed by atoms with Crippen LogP contribution < -0.4 is 10.6 Å². The molecule has 0 spiro atoms. The summed E-state index contributed by atoms with van der Waals surface area (Å²) < 4.78 is 0. The number of aromatic nitrogens is 2. The van der Waals surface area contributed by atoms with Crippen LogP contribution in [0.4, 0.5) is 0 Å². The van der Waals surface area contributed by atoms with Gasteiger partial charge in [0.05, 0.1) is 18.3 Å². The second kappa shape index (κ2) is 4.76. The Bertz CT molecular complexity index is 283. The molecule has 1 rings (SSSR count). The van der Waals surface area contributed by atoms with Gasteiger partial charge in [0.1, 0.15) is 0 Å². The van der Waals surface area contributed by atoms with Gasteiger partial charge in [-0.3, -0.25) is 9.89 Å². The van der Waals surface area contributed by atoms with Gasteiger partial charge < -0.3 is 10.6 Å². The number of carbonyl (C=O) groups is 1. The molecular formula is C9H16N4O. The summed E-state index contributed by atoms with van der Waals surface area (Å²) >= 11 is 0. The van der Waals surface area contributed by atoms with Gasteiger partial charge in [-0.1, -0.05) is 0 Å². The van der Waals surface area contributed by atoms with E-state index in [1.54, 1.807) is 19.4 Å². The molecule has 2 atom stereocenters. The van der Waals surface area contributed by atoms with E-state index in [4.69, 9.17) is 0 Å². The summed E-state index contributed by atoms with van der Waals surface area (Å²) in [4.78, 5) is 11.5. The SMILES string of the molecule is CNC(C)C(=O)NC(C)c1cn[nH]c1. The van der Waals surface area contributed by atoms with E-state index in [1.807, 2.05) is 13.8 Å². The highest BCUT2D eigenvalue weighted by molar-refractivity contribution is 5.81. The van der Waals surface area contributed by atoms with Crippen LogP contribution in [0, 0.1) is 0 Å². The molecule has 5 nitrogen and oxygen atoms in total. The first-order valence-electron chi connectivity index (χ1n) is 4.61. The highest BCUT2D eigenvalue weighted by Gasteiger charge is 2.14. The van der Waals surface area contributed by atoms with E-state index in [1.165, 1.54) is 0 Å². The van der Waals surface area contributed by atoms with Crippen LogP contribution in [0.2, 0.25) is 0 Å². The predicted octanol–water partition coefficient (Wildman–Crippen LogP) is 0.195. The van der Waals surface area contributed by atoms with Gasteiger partial charge in [-0.05, 0) is 20.9 Å². The predicted molar refractivity (Wildman–Crippen MR) is 53.7 cm³/mol. The van der Waals surface area contributed by atoms with E-state index >= 15 is 0 Å². The number of nitrogens with zero attached hydrogens (tertiary/aromatic N) is 1. The summed E-state index contributed by atoms with van der Waals surface area (Å²) in [5.74, 6) is -0.0128. The summed E-state index contributed by atoms with van der Waals surface area (Å²) in [5.41, 5.74) is 0.974. The number of hydrogen-bond acceptors (Lipinski definition) is 3. The lowest BCUT2D eigenvalue weighted by molar-refractivity contribution is -0.123. The molecule has 1 heterocycles. The second-order valence-electron chi connectivity index (χ2n) is 3.27. The number of rotatable bonds is 4. The van der Waals surface area contributed by atoms with Gasteiger partial charge >= 0.3 is 0 Å². The Balaban J connectivity index is 2.49. The Labute approximate surface area is 83.3 Å². The highest BCUT2D eigenvalue weighted by Crippen LogP contribution is 2.08. The lowest BCUT2D eigenvalue weighted by Gasteiger charge is -2.15. The van der Waals surface area contributed by atoms with Crippen LogP contribution in [0.1, 0.15) is 25.5 Å². The Morgan fingerprint density at radius 3 is 2.79 bits per heavy atom. The molecule has 5 heteroatoms. The lowest BCUT2D eigenvalue weighted by Crippen LogP contribution is -2.41. The molecular weight excluding hydrogens is 180 g/mol. The van der Waals surface area contributed by atoms with Crippen molar-refractivity contribution in [3.8, 4) is 0 Å². The summed E-state index contributed by atoms with van der Waals surface area (Å²) in [6.45, 7) is 3.74. The maximum absolute atomic E-state index is 11.5. The third-order valence-corrected chi connectivity index (χ3v) is 2.20. The van der Waals surface area contributed by atoms with Crippen LogP contribution in [0.5, 0.6) is 0 Å². The second-order valence-corrected chi connectivity index (χ2v) is 3.27. The monoisotopic (exact) mass is 196 g/mol. The Hall–Kier alpha value is -1.36. The molecule has 1 aromatic rings. The smallest absolute Gasteiger partial charge is 0.237 e. The van der Waals surface area contributed by atoms with Crippen molar-refractivity contribution in [3.63, 3.8) is 0 Å².